The Morgan fingerprint density at radius 2 is 1.81 bits per heavy atom. The lowest BCUT2D eigenvalue weighted by molar-refractivity contribution is -0.138. The maximum Gasteiger partial charge on any atom is 0.242 e. The molecule has 3 atom stereocenters. The molecular weight excluding hydrogens is 460 g/mol. The fourth-order valence-electron chi connectivity index (χ4n) is 4.31. The number of amides is 3. The van der Waals surface area contributed by atoms with Crippen molar-refractivity contribution >= 4 is 39.3 Å². The highest BCUT2D eigenvalue weighted by molar-refractivity contribution is 9.10. The summed E-state index contributed by atoms with van der Waals surface area (Å²) < 4.78 is 1.02. The number of halogens is 1. The highest BCUT2D eigenvalue weighted by Gasteiger charge is 2.42. The van der Waals surface area contributed by atoms with E-state index in [2.05, 4.69) is 37.4 Å². The molecule has 8 heteroatoms. The molecule has 2 aliphatic rings. The molecule has 2 aromatic rings. The first-order valence-electron chi connectivity index (χ1n) is 10.4. The number of hydrogen-bond donors (Lipinski definition) is 4. The van der Waals surface area contributed by atoms with E-state index < -0.39 is 5.41 Å². The summed E-state index contributed by atoms with van der Waals surface area (Å²) in [5.74, 6) is -0.591. The molecule has 0 bridgehead atoms. The van der Waals surface area contributed by atoms with Crippen molar-refractivity contribution < 1.29 is 14.4 Å². The monoisotopic (exact) mass is 484 g/mol. The summed E-state index contributed by atoms with van der Waals surface area (Å²) in [5, 5.41) is 5.40. The SMILES string of the molecule is CCC1(c2ccc(NC(=O)C3CC(c4ccc(Br)cc4)NN3)cc2)CCC(=O)NC1=O. The van der Waals surface area contributed by atoms with Crippen molar-refractivity contribution in [3.63, 3.8) is 0 Å². The standard InChI is InChI=1S/C23H25BrN4O3/c1-2-23(12-11-20(29)26-22(23)31)15-5-9-17(10-6-15)25-21(30)19-13-18(27-28-19)14-3-7-16(24)8-4-14/h3-10,18-19,27-28H,2,11-13H2,1H3,(H,25,30)(H,26,29,31). The van der Waals surface area contributed by atoms with Crippen LogP contribution in [0.5, 0.6) is 0 Å². The maximum absolute atomic E-state index is 12.7. The van der Waals surface area contributed by atoms with Crippen molar-refractivity contribution in [2.75, 3.05) is 5.32 Å². The topological polar surface area (TPSA) is 99.3 Å². The van der Waals surface area contributed by atoms with E-state index in [1.54, 1.807) is 0 Å². The normalized spacial score (nSPS) is 25.9. The van der Waals surface area contributed by atoms with E-state index in [1.165, 1.54) is 0 Å². The number of benzene rings is 2. The third kappa shape index (κ3) is 4.42. The zero-order valence-electron chi connectivity index (χ0n) is 17.2. The summed E-state index contributed by atoms with van der Waals surface area (Å²) in [4.78, 5) is 36.8. The van der Waals surface area contributed by atoms with Crippen LogP contribution in [-0.4, -0.2) is 23.8 Å². The largest absolute Gasteiger partial charge is 0.325 e. The molecule has 162 valence electrons. The van der Waals surface area contributed by atoms with Gasteiger partial charge in [0.25, 0.3) is 0 Å². The van der Waals surface area contributed by atoms with Gasteiger partial charge in [-0.25, -0.2) is 10.9 Å². The second-order valence-corrected chi connectivity index (χ2v) is 8.98. The van der Waals surface area contributed by atoms with Gasteiger partial charge in [-0.2, -0.15) is 0 Å². The molecular formula is C23H25BrN4O3. The minimum atomic E-state index is -0.703. The number of hydrazine groups is 1. The van der Waals surface area contributed by atoms with Crippen LogP contribution in [0.15, 0.2) is 53.0 Å². The second-order valence-electron chi connectivity index (χ2n) is 8.06. The number of carbonyl (C=O) groups is 3. The Kier molecular flexibility index (Phi) is 6.22. The quantitative estimate of drug-likeness (QED) is 0.488. The van der Waals surface area contributed by atoms with Gasteiger partial charge in [-0.1, -0.05) is 47.1 Å². The van der Waals surface area contributed by atoms with Gasteiger partial charge >= 0.3 is 0 Å². The van der Waals surface area contributed by atoms with E-state index in [9.17, 15) is 14.4 Å². The first kappa shape index (κ1) is 21.7. The Balaban J connectivity index is 1.40. The van der Waals surface area contributed by atoms with Crippen LogP contribution in [0.1, 0.15) is 49.8 Å². The zero-order chi connectivity index (χ0) is 22.0. The zero-order valence-corrected chi connectivity index (χ0v) is 18.8. The van der Waals surface area contributed by atoms with Gasteiger partial charge in [0.1, 0.15) is 6.04 Å². The number of imide groups is 1. The summed E-state index contributed by atoms with van der Waals surface area (Å²) in [6.45, 7) is 1.95. The van der Waals surface area contributed by atoms with Crippen molar-refractivity contribution in [1.82, 2.24) is 16.2 Å². The summed E-state index contributed by atoms with van der Waals surface area (Å²) in [6, 6.07) is 15.1. The van der Waals surface area contributed by atoms with Crippen LogP contribution in [0, 0.1) is 0 Å². The lowest BCUT2D eigenvalue weighted by atomic mass is 9.72. The van der Waals surface area contributed by atoms with Crippen LogP contribution in [-0.2, 0) is 19.8 Å². The maximum atomic E-state index is 12.7. The van der Waals surface area contributed by atoms with Gasteiger partial charge < -0.3 is 5.32 Å². The van der Waals surface area contributed by atoms with E-state index in [1.807, 2.05) is 55.5 Å². The molecule has 0 saturated carbocycles. The first-order chi connectivity index (χ1) is 14.9. The van der Waals surface area contributed by atoms with Gasteiger partial charge in [0.2, 0.25) is 17.7 Å². The molecule has 0 aliphatic carbocycles. The molecule has 3 unspecified atom stereocenters. The van der Waals surface area contributed by atoms with Gasteiger partial charge in [0, 0.05) is 22.6 Å². The summed E-state index contributed by atoms with van der Waals surface area (Å²) in [6.07, 6.45) is 2.07. The Morgan fingerprint density at radius 3 is 2.45 bits per heavy atom. The van der Waals surface area contributed by atoms with Crippen molar-refractivity contribution in [2.24, 2.45) is 0 Å². The van der Waals surface area contributed by atoms with Crippen LogP contribution >= 0.6 is 15.9 Å². The first-order valence-corrected chi connectivity index (χ1v) is 11.2. The number of anilines is 1. The molecule has 2 fully saturated rings. The number of piperidine rings is 1. The summed E-state index contributed by atoms with van der Waals surface area (Å²) >= 11 is 3.43. The molecule has 0 aromatic heterocycles. The van der Waals surface area contributed by atoms with Crippen LogP contribution in [0.3, 0.4) is 0 Å². The number of rotatable bonds is 5. The van der Waals surface area contributed by atoms with Crippen molar-refractivity contribution in [1.29, 1.82) is 0 Å². The molecule has 4 N–H and O–H groups in total. The van der Waals surface area contributed by atoms with Gasteiger partial charge in [-0.05, 0) is 54.7 Å². The molecule has 3 amide bonds. The lowest BCUT2D eigenvalue weighted by Crippen LogP contribution is -2.51. The van der Waals surface area contributed by atoms with Crippen LogP contribution in [0.2, 0.25) is 0 Å². The minimum Gasteiger partial charge on any atom is -0.325 e. The molecule has 2 saturated heterocycles. The molecule has 4 rings (SSSR count). The van der Waals surface area contributed by atoms with Crippen LogP contribution in [0.25, 0.3) is 0 Å². The molecule has 2 heterocycles. The molecule has 0 spiro atoms. The van der Waals surface area contributed by atoms with Crippen molar-refractivity contribution in [3.8, 4) is 0 Å². The van der Waals surface area contributed by atoms with E-state index in [0.29, 0.717) is 31.4 Å². The highest BCUT2D eigenvalue weighted by Crippen LogP contribution is 2.36. The smallest absolute Gasteiger partial charge is 0.242 e. The van der Waals surface area contributed by atoms with Gasteiger partial charge in [-0.15, -0.1) is 0 Å². The molecule has 2 aromatic carbocycles. The van der Waals surface area contributed by atoms with Crippen molar-refractivity contribution in [3.05, 3.63) is 64.1 Å². The number of hydrogen-bond acceptors (Lipinski definition) is 5. The predicted octanol–water partition coefficient (Wildman–Crippen LogP) is 3.08. The van der Waals surface area contributed by atoms with Gasteiger partial charge in [-0.3, -0.25) is 19.7 Å². The Bertz CT molecular complexity index is 993. The fourth-order valence-corrected chi connectivity index (χ4v) is 4.57. The summed E-state index contributed by atoms with van der Waals surface area (Å²) in [5.41, 5.74) is 8.19. The van der Waals surface area contributed by atoms with E-state index in [4.69, 9.17) is 0 Å². The van der Waals surface area contributed by atoms with E-state index in [-0.39, 0.29) is 29.8 Å². The van der Waals surface area contributed by atoms with Crippen molar-refractivity contribution in [2.45, 2.75) is 50.1 Å². The predicted molar refractivity (Wildman–Crippen MR) is 121 cm³/mol. The second kappa shape index (κ2) is 8.90. The minimum absolute atomic E-state index is 0.0585. The van der Waals surface area contributed by atoms with Gasteiger partial charge in [0.05, 0.1) is 5.41 Å². The Labute approximate surface area is 189 Å². The third-order valence-electron chi connectivity index (χ3n) is 6.27. The van der Waals surface area contributed by atoms with E-state index >= 15 is 0 Å². The average Bonchev–Trinajstić information content (AvgIpc) is 3.26. The molecule has 7 nitrogen and oxygen atoms in total. The van der Waals surface area contributed by atoms with Crippen LogP contribution < -0.4 is 21.5 Å². The van der Waals surface area contributed by atoms with Crippen LogP contribution in [0.4, 0.5) is 5.69 Å². The molecule has 2 aliphatic heterocycles. The lowest BCUT2D eigenvalue weighted by Gasteiger charge is -2.35. The van der Waals surface area contributed by atoms with Gasteiger partial charge in [0.15, 0.2) is 0 Å². The number of carbonyl (C=O) groups excluding carboxylic acids is 3. The van der Waals surface area contributed by atoms with E-state index in [0.717, 1.165) is 15.6 Å². The fraction of sp³-hybridized carbons (Fsp3) is 0.348. The number of nitrogens with one attached hydrogen (secondary N) is 4. The third-order valence-corrected chi connectivity index (χ3v) is 6.80. The Morgan fingerprint density at radius 1 is 1.10 bits per heavy atom. The average molecular weight is 485 g/mol. The molecule has 0 radical (unpaired) electrons. The Hall–Kier alpha value is -2.55. The summed E-state index contributed by atoms with van der Waals surface area (Å²) in [7, 11) is 0. The molecule has 31 heavy (non-hydrogen) atoms. The highest BCUT2D eigenvalue weighted by atomic mass is 79.9.